The largest absolute Gasteiger partial charge is 0.369 e. The van der Waals surface area contributed by atoms with Crippen LogP contribution in [0.3, 0.4) is 0 Å². The van der Waals surface area contributed by atoms with Gasteiger partial charge in [-0.1, -0.05) is 36.0 Å². The molecule has 1 aromatic carbocycles. The lowest BCUT2D eigenvalue weighted by Gasteiger charge is -2.28. The van der Waals surface area contributed by atoms with Crippen molar-refractivity contribution in [1.82, 2.24) is 0 Å². The van der Waals surface area contributed by atoms with Gasteiger partial charge in [0.05, 0.1) is 10.0 Å². The Morgan fingerprint density at radius 1 is 1.10 bits per heavy atom. The van der Waals surface area contributed by atoms with E-state index in [1.165, 1.54) is 0 Å². The molecule has 1 aliphatic carbocycles. The summed E-state index contributed by atoms with van der Waals surface area (Å²) in [6.45, 7) is 0. The van der Waals surface area contributed by atoms with Crippen molar-refractivity contribution in [3.63, 3.8) is 0 Å². The Hall–Kier alpha value is -1.26. The average molecular weight is 315 g/mol. The average Bonchev–Trinajstić information content (AvgIpc) is 2.43. The van der Waals surface area contributed by atoms with E-state index in [2.05, 4.69) is 5.32 Å². The third-order valence-corrected chi connectivity index (χ3v) is 4.39. The minimum atomic E-state index is -0.404. The highest BCUT2D eigenvalue weighted by molar-refractivity contribution is 6.42. The number of primary amides is 1. The molecule has 2 atom stereocenters. The van der Waals surface area contributed by atoms with Gasteiger partial charge in [0.15, 0.2) is 0 Å². The van der Waals surface area contributed by atoms with E-state index in [9.17, 15) is 9.59 Å². The van der Waals surface area contributed by atoms with Crippen LogP contribution < -0.4 is 11.1 Å². The fourth-order valence-corrected chi connectivity index (χ4v) is 2.89. The molecule has 1 fully saturated rings. The number of halogens is 2. The number of anilines is 1. The van der Waals surface area contributed by atoms with Gasteiger partial charge in [-0.25, -0.2) is 0 Å². The van der Waals surface area contributed by atoms with Crippen LogP contribution in [0.1, 0.15) is 25.7 Å². The summed E-state index contributed by atoms with van der Waals surface area (Å²) in [7, 11) is 0. The zero-order valence-electron chi connectivity index (χ0n) is 10.9. The van der Waals surface area contributed by atoms with Gasteiger partial charge in [-0.3, -0.25) is 9.59 Å². The van der Waals surface area contributed by atoms with Crippen LogP contribution in [0.2, 0.25) is 10.0 Å². The number of carbonyl (C=O) groups excluding carboxylic acids is 2. The Bertz CT molecular complexity index is 534. The van der Waals surface area contributed by atoms with Crippen LogP contribution in [-0.4, -0.2) is 11.8 Å². The Morgan fingerprint density at radius 2 is 1.75 bits per heavy atom. The van der Waals surface area contributed by atoms with Crippen LogP contribution in [0.5, 0.6) is 0 Å². The molecule has 0 spiro atoms. The molecule has 0 radical (unpaired) electrons. The summed E-state index contributed by atoms with van der Waals surface area (Å²) in [5.41, 5.74) is 5.94. The van der Waals surface area contributed by atoms with Gasteiger partial charge in [0.1, 0.15) is 0 Å². The number of hydrogen-bond donors (Lipinski definition) is 2. The van der Waals surface area contributed by atoms with Crippen molar-refractivity contribution in [2.45, 2.75) is 25.7 Å². The molecule has 0 aliphatic heterocycles. The molecule has 2 rings (SSSR count). The van der Waals surface area contributed by atoms with Gasteiger partial charge in [0.2, 0.25) is 11.8 Å². The highest BCUT2D eigenvalue weighted by Gasteiger charge is 2.34. The number of nitrogens with two attached hydrogens (primary N) is 1. The molecule has 2 amide bonds. The van der Waals surface area contributed by atoms with Gasteiger partial charge < -0.3 is 11.1 Å². The van der Waals surface area contributed by atoms with E-state index in [0.717, 1.165) is 12.8 Å². The Labute approximate surface area is 127 Å². The van der Waals surface area contributed by atoms with Crippen molar-refractivity contribution in [1.29, 1.82) is 0 Å². The van der Waals surface area contributed by atoms with Gasteiger partial charge in [0, 0.05) is 17.5 Å². The molecule has 0 saturated heterocycles. The number of nitrogens with one attached hydrogen (secondary N) is 1. The lowest BCUT2D eigenvalue weighted by Crippen LogP contribution is -2.39. The highest BCUT2D eigenvalue weighted by atomic mass is 35.5. The molecule has 0 unspecified atom stereocenters. The molecule has 108 valence electrons. The molecule has 1 aromatic rings. The first-order valence-corrected chi connectivity index (χ1v) is 7.30. The second kappa shape index (κ2) is 6.46. The maximum absolute atomic E-state index is 12.3. The predicted octanol–water partition coefficient (Wildman–Crippen LogP) is 3.22. The lowest BCUT2D eigenvalue weighted by molar-refractivity contribution is -0.131. The van der Waals surface area contributed by atoms with Crippen LogP contribution in [0.15, 0.2) is 18.2 Å². The molecule has 0 aromatic heterocycles. The summed E-state index contributed by atoms with van der Waals surface area (Å²) in [5.74, 6) is -1.34. The first kappa shape index (κ1) is 15.1. The van der Waals surface area contributed by atoms with E-state index in [1.54, 1.807) is 18.2 Å². The monoisotopic (exact) mass is 314 g/mol. The molecule has 1 saturated carbocycles. The first-order valence-electron chi connectivity index (χ1n) is 6.54. The summed E-state index contributed by atoms with van der Waals surface area (Å²) in [5, 5.41) is 3.58. The van der Waals surface area contributed by atoms with Crippen molar-refractivity contribution in [3.05, 3.63) is 28.2 Å². The molecular weight excluding hydrogens is 299 g/mol. The van der Waals surface area contributed by atoms with Crippen molar-refractivity contribution in [2.75, 3.05) is 5.32 Å². The Kier molecular flexibility index (Phi) is 4.89. The van der Waals surface area contributed by atoms with E-state index in [0.29, 0.717) is 28.6 Å². The van der Waals surface area contributed by atoms with Crippen LogP contribution >= 0.6 is 23.2 Å². The minimum absolute atomic E-state index is 0.188. The highest BCUT2D eigenvalue weighted by Crippen LogP contribution is 2.31. The van der Waals surface area contributed by atoms with Gasteiger partial charge in [-0.2, -0.15) is 0 Å². The summed E-state index contributed by atoms with van der Waals surface area (Å²) < 4.78 is 0. The normalized spacial score (nSPS) is 22.3. The predicted molar refractivity (Wildman–Crippen MR) is 79.7 cm³/mol. The first-order chi connectivity index (χ1) is 9.49. The maximum Gasteiger partial charge on any atom is 0.228 e. The van der Waals surface area contributed by atoms with Gasteiger partial charge in [-0.15, -0.1) is 0 Å². The van der Waals surface area contributed by atoms with Crippen molar-refractivity contribution >= 4 is 40.7 Å². The minimum Gasteiger partial charge on any atom is -0.369 e. The summed E-state index contributed by atoms with van der Waals surface area (Å²) in [6.07, 6.45) is 3.23. The number of benzene rings is 1. The van der Waals surface area contributed by atoms with Crippen LogP contribution in [0.25, 0.3) is 0 Å². The van der Waals surface area contributed by atoms with Crippen LogP contribution in [0, 0.1) is 11.8 Å². The summed E-state index contributed by atoms with van der Waals surface area (Å²) >= 11 is 11.7. The van der Waals surface area contributed by atoms with Crippen molar-refractivity contribution in [2.24, 2.45) is 17.6 Å². The number of rotatable bonds is 3. The van der Waals surface area contributed by atoms with Crippen molar-refractivity contribution < 1.29 is 9.59 Å². The van der Waals surface area contributed by atoms with Crippen LogP contribution in [-0.2, 0) is 9.59 Å². The van der Waals surface area contributed by atoms with E-state index in [4.69, 9.17) is 28.9 Å². The second-order valence-corrected chi connectivity index (χ2v) is 5.83. The number of amides is 2. The molecule has 1 aliphatic rings. The number of carbonyl (C=O) groups is 2. The number of hydrogen-bond acceptors (Lipinski definition) is 2. The summed E-state index contributed by atoms with van der Waals surface area (Å²) in [6, 6.07) is 4.88. The zero-order valence-corrected chi connectivity index (χ0v) is 12.4. The fourth-order valence-electron chi connectivity index (χ4n) is 2.59. The fraction of sp³-hybridized carbons (Fsp3) is 0.429. The van der Waals surface area contributed by atoms with Crippen molar-refractivity contribution in [3.8, 4) is 0 Å². The molecule has 6 heteroatoms. The molecule has 3 N–H and O–H groups in total. The van der Waals surface area contributed by atoms with Gasteiger partial charge in [-0.05, 0) is 31.0 Å². The Balaban J connectivity index is 2.09. The summed E-state index contributed by atoms with van der Waals surface area (Å²) in [4.78, 5) is 23.7. The third kappa shape index (κ3) is 3.44. The third-order valence-electron chi connectivity index (χ3n) is 3.66. The quantitative estimate of drug-likeness (QED) is 0.899. The SMILES string of the molecule is NC(=O)[C@H]1CCCC[C@H]1C(=O)Nc1ccc(Cl)c(Cl)c1. The molecule has 20 heavy (non-hydrogen) atoms. The van der Waals surface area contributed by atoms with E-state index < -0.39 is 5.91 Å². The molecular formula is C14H16Cl2N2O2. The maximum atomic E-state index is 12.3. The van der Waals surface area contributed by atoms with E-state index >= 15 is 0 Å². The van der Waals surface area contributed by atoms with Gasteiger partial charge >= 0.3 is 0 Å². The molecule has 0 heterocycles. The molecule has 4 nitrogen and oxygen atoms in total. The van der Waals surface area contributed by atoms with Gasteiger partial charge in [0.25, 0.3) is 0 Å². The van der Waals surface area contributed by atoms with E-state index in [-0.39, 0.29) is 17.7 Å². The van der Waals surface area contributed by atoms with E-state index in [1.807, 2.05) is 0 Å². The standard InChI is InChI=1S/C14H16Cl2N2O2/c15-11-6-5-8(7-12(11)16)18-14(20)10-4-2-1-3-9(10)13(17)19/h5-7,9-10H,1-4H2,(H2,17,19)(H,18,20)/t9-,10+/m0/s1. The smallest absolute Gasteiger partial charge is 0.228 e. The zero-order chi connectivity index (χ0) is 14.7. The Morgan fingerprint density at radius 3 is 2.35 bits per heavy atom. The van der Waals surface area contributed by atoms with Crippen LogP contribution in [0.4, 0.5) is 5.69 Å². The second-order valence-electron chi connectivity index (χ2n) is 5.02. The molecule has 0 bridgehead atoms. The topological polar surface area (TPSA) is 72.2 Å². The lowest BCUT2D eigenvalue weighted by atomic mass is 9.78.